The van der Waals surface area contributed by atoms with E-state index in [1.54, 1.807) is 6.08 Å². The van der Waals surface area contributed by atoms with Crippen LogP contribution in [0.1, 0.15) is 39.0 Å². The maximum Gasteiger partial charge on any atom is 0.155 e. The van der Waals surface area contributed by atoms with E-state index in [1.165, 1.54) is 0 Å². The molecule has 2 rings (SSSR count). The van der Waals surface area contributed by atoms with Gasteiger partial charge in [-0.1, -0.05) is 38.0 Å². The van der Waals surface area contributed by atoms with Crippen molar-refractivity contribution < 1.29 is 9.59 Å². The number of Topliss-reactive ketones (excluding diaryl/α,β-unsaturated/α-hetero) is 1. The van der Waals surface area contributed by atoms with Gasteiger partial charge in [-0.2, -0.15) is 0 Å². The van der Waals surface area contributed by atoms with Gasteiger partial charge in [0.25, 0.3) is 0 Å². The Labute approximate surface area is 103 Å². The summed E-state index contributed by atoms with van der Waals surface area (Å²) in [5.41, 5.74) is 0. The molecule has 0 aliphatic heterocycles. The minimum Gasteiger partial charge on any atom is -0.299 e. The fourth-order valence-corrected chi connectivity index (χ4v) is 2.79. The average Bonchev–Trinajstić information content (AvgIpc) is 2.82. The minimum absolute atomic E-state index is 0.0553. The Morgan fingerprint density at radius 3 is 2.82 bits per heavy atom. The molecule has 0 saturated heterocycles. The summed E-state index contributed by atoms with van der Waals surface area (Å²) in [4.78, 5) is 23.1. The van der Waals surface area contributed by atoms with E-state index in [0.717, 1.165) is 19.3 Å². The summed E-state index contributed by atoms with van der Waals surface area (Å²) in [7, 11) is 0. The SMILES string of the molecule is CCCCCC(=O)/C=C/C1[C@@H]2C=C[C@H]1CC2=O. The summed E-state index contributed by atoms with van der Waals surface area (Å²) in [6.07, 6.45) is 12.4. The van der Waals surface area contributed by atoms with Crippen LogP contribution in [0, 0.1) is 17.8 Å². The van der Waals surface area contributed by atoms with E-state index in [9.17, 15) is 9.59 Å². The summed E-state index contributed by atoms with van der Waals surface area (Å²) in [5.74, 6) is 1.22. The second-order valence-corrected chi connectivity index (χ2v) is 5.10. The van der Waals surface area contributed by atoms with Gasteiger partial charge in [-0.25, -0.2) is 0 Å². The monoisotopic (exact) mass is 232 g/mol. The normalized spacial score (nSPS) is 30.6. The van der Waals surface area contributed by atoms with Gasteiger partial charge in [-0.15, -0.1) is 0 Å². The van der Waals surface area contributed by atoms with Crippen LogP contribution in [0.2, 0.25) is 0 Å². The van der Waals surface area contributed by atoms with E-state index in [4.69, 9.17) is 0 Å². The molecule has 1 fully saturated rings. The Morgan fingerprint density at radius 2 is 2.24 bits per heavy atom. The van der Waals surface area contributed by atoms with Crippen LogP contribution in [0.3, 0.4) is 0 Å². The number of allylic oxidation sites excluding steroid dienone is 4. The van der Waals surface area contributed by atoms with Crippen LogP contribution in [-0.4, -0.2) is 11.6 Å². The van der Waals surface area contributed by atoms with Gasteiger partial charge in [0.05, 0.1) is 0 Å². The number of ketones is 2. The molecule has 0 spiro atoms. The topological polar surface area (TPSA) is 34.1 Å². The van der Waals surface area contributed by atoms with E-state index in [1.807, 2.05) is 12.2 Å². The first-order chi connectivity index (χ1) is 8.22. The van der Waals surface area contributed by atoms with E-state index < -0.39 is 0 Å². The second kappa shape index (κ2) is 5.44. The lowest BCUT2D eigenvalue weighted by molar-refractivity contribution is -0.120. The van der Waals surface area contributed by atoms with Crippen molar-refractivity contribution in [1.29, 1.82) is 0 Å². The maximum absolute atomic E-state index is 11.6. The molecule has 92 valence electrons. The van der Waals surface area contributed by atoms with Crippen molar-refractivity contribution in [2.24, 2.45) is 17.8 Å². The highest BCUT2D eigenvalue weighted by molar-refractivity contribution is 5.91. The zero-order valence-electron chi connectivity index (χ0n) is 10.4. The third-order valence-corrected chi connectivity index (χ3v) is 3.81. The first kappa shape index (κ1) is 12.3. The third-order valence-electron chi connectivity index (χ3n) is 3.81. The molecule has 0 amide bonds. The summed E-state index contributed by atoms with van der Waals surface area (Å²) < 4.78 is 0. The second-order valence-electron chi connectivity index (χ2n) is 5.10. The van der Waals surface area contributed by atoms with Crippen LogP contribution in [0.15, 0.2) is 24.3 Å². The highest BCUT2D eigenvalue weighted by Crippen LogP contribution is 2.42. The van der Waals surface area contributed by atoms with E-state index in [-0.39, 0.29) is 17.6 Å². The standard InChI is InChI=1S/C15H20O2/c1-2-3-4-5-12(16)7-9-13-11-6-8-14(13)15(17)10-11/h6-9,11,13-14H,2-5,10H2,1H3/b9-7+/t11-,13?,14-/m0/s1. The van der Waals surface area contributed by atoms with Gasteiger partial charge in [0.1, 0.15) is 5.78 Å². The highest BCUT2D eigenvalue weighted by Gasteiger charge is 2.42. The molecule has 3 atom stereocenters. The molecule has 0 aromatic rings. The van der Waals surface area contributed by atoms with Gasteiger partial charge < -0.3 is 0 Å². The summed E-state index contributed by atoms with van der Waals surface area (Å²) in [5, 5.41) is 0. The molecule has 2 aliphatic carbocycles. The summed E-state index contributed by atoms with van der Waals surface area (Å²) in [6, 6.07) is 0. The van der Waals surface area contributed by atoms with Crippen LogP contribution in [0.25, 0.3) is 0 Å². The largest absolute Gasteiger partial charge is 0.299 e. The fraction of sp³-hybridized carbons (Fsp3) is 0.600. The molecule has 0 heterocycles. The molecule has 0 aromatic carbocycles. The van der Waals surface area contributed by atoms with E-state index >= 15 is 0 Å². The smallest absolute Gasteiger partial charge is 0.155 e. The van der Waals surface area contributed by atoms with Crippen molar-refractivity contribution in [1.82, 2.24) is 0 Å². The van der Waals surface area contributed by atoms with E-state index in [0.29, 0.717) is 24.5 Å². The summed E-state index contributed by atoms with van der Waals surface area (Å²) in [6.45, 7) is 2.13. The molecule has 17 heavy (non-hydrogen) atoms. The van der Waals surface area contributed by atoms with Gasteiger partial charge in [-0.3, -0.25) is 9.59 Å². The minimum atomic E-state index is 0.0553. The lowest BCUT2D eigenvalue weighted by atomic mass is 9.95. The van der Waals surface area contributed by atoms with Crippen molar-refractivity contribution >= 4 is 11.6 Å². The molecule has 2 bridgehead atoms. The van der Waals surface area contributed by atoms with Crippen molar-refractivity contribution in [3.8, 4) is 0 Å². The predicted octanol–water partition coefficient (Wildman–Crippen LogP) is 3.08. The lowest BCUT2D eigenvalue weighted by Crippen LogP contribution is -2.08. The number of hydrogen-bond acceptors (Lipinski definition) is 2. The van der Waals surface area contributed by atoms with Crippen LogP contribution in [-0.2, 0) is 9.59 Å². The van der Waals surface area contributed by atoms with Crippen molar-refractivity contribution in [2.45, 2.75) is 39.0 Å². The Bertz CT molecular complexity index is 365. The number of carbonyl (C=O) groups is 2. The number of unbranched alkanes of at least 4 members (excludes halogenated alkanes) is 2. The molecule has 0 radical (unpaired) electrons. The van der Waals surface area contributed by atoms with E-state index in [2.05, 4.69) is 13.0 Å². The van der Waals surface area contributed by atoms with Crippen LogP contribution in [0.4, 0.5) is 0 Å². The molecule has 1 unspecified atom stereocenters. The zero-order valence-corrected chi connectivity index (χ0v) is 10.4. The Balaban J connectivity index is 1.82. The Kier molecular flexibility index (Phi) is 3.93. The predicted molar refractivity (Wildman–Crippen MR) is 67.5 cm³/mol. The number of rotatable bonds is 6. The van der Waals surface area contributed by atoms with Gasteiger partial charge in [-0.05, 0) is 24.3 Å². The van der Waals surface area contributed by atoms with Crippen molar-refractivity contribution in [3.05, 3.63) is 24.3 Å². The molecule has 1 saturated carbocycles. The molecule has 2 heteroatoms. The van der Waals surface area contributed by atoms with Gasteiger partial charge in [0.2, 0.25) is 0 Å². The first-order valence-corrected chi connectivity index (χ1v) is 6.64. The molecule has 0 aromatic heterocycles. The fourth-order valence-electron chi connectivity index (χ4n) is 2.79. The third kappa shape index (κ3) is 2.74. The average molecular weight is 232 g/mol. The highest BCUT2D eigenvalue weighted by atomic mass is 16.1. The summed E-state index contributed by atoms with van der Waals surface area (Å²) >= 11 is 0. The lowest BCUT2D eigenvalue weighted by Gasteiger charge is -2.07. The Hall–Kier alpha value is -1.18. The number of fused-ring (bicyclic) bond motifs is 2. The zero-order chi connectivity index (χ0) is 12.3. The Morgan fingerprint density at radius 1 is 1.41 bits per heavy atom. The first-order valence-electron chi connectivity index (χ1n) is 6.64. The van der Waals surface area contributed by atoms with Crippen LogP contribution >= 0.6 is 0 Å². The van der Waals surface area contributed by atoms with Crippen molar-refractivity contribution in [2.75, 3.05) is 0 Å². The van der Waals surface area contributed by atoms with Crippen LogP contribution < -0.4 is 0 Å². The number of hydrogen-bond donors (Lipinski definition) is 0. The molecule has 0 N–H and O–H groups in total. The molecular weight excluding hydrogens is 212 g/mol. The van der Waals surface area contributed by atoms with Gasteiger partial charge in [0, 0.05) is 18.8 Å². The van der Waals surface area contributed by atoms with Gasteiger partial charge in [0.15, 0.2) is 5.78 Å². The van der Waals surface area contributed by atoms with Crippen LogP contribution in [0.5, 0.6) is 0 Å². The van der Waals surface area contributed by atoms with Crippen molar-refractivity contribution in [3.63, 3.8) is 0 Å². The molecular formula is C15H20O2. The maximum atomic E-state index is 11.6. The van der Waals surface area contributed by atoms with Gasteiger partial charge >= 0.3 is 0 Å². The quantitative estimate of drug-likeness (QED) is 0.400. The number of carbonyl (C=O) groups excluding carboxylic acids is 2. The molecule has 2 aliphatic rings. The molecule has 2 nitrogen and oxygen atoms in total.